The highest BCUT2D eigenvalue weighted by Gasteiger charge is 2.56. The van der Waals surface area contributed by atoms with Crippen molar-refractivity contribution in [1.82, 2.24) is 4.90 Å². The third-order valence-electron chi connectivity index (χ3n) is 9.97. The first-order chi connectivity index (χ1) is 26.5. The van der Waals surface area contributed by atoms with Gasteiger partial charge in [0.15, 0.2) is 12.1 Å². The van der Waals surface area contributed by atoms with E-state index in [2.05, 4.69) is 77.8 Å². The van der Waals surface area contributed by atoms with E-state index in [1.165, 1.54) is 15.9 Å². The fourth-order valence-corrected chi connectivity index (χ4v) is 13.1. The summed E-state index contributed by atoms with van der Waals surface area (Å²) in [5.41, 5.74) is 3.35. The average Bonchev–Trinajstić information content (AvgIpc) is 3.24. The third-order valence-corrected chi connectivity index (χ3v) is 15.7. The molecule has 1 amide bonds. The summed E-state index contributed by atoms with van der Waals surface area (Å²) in [5, 5.41) is 13.5. The van der Waals surface area contributed by atoms with Crippen LogP contribution in [0, 0.1) is 0 Å². The maximum Gasteiger partial charge on any atom is 0.356 e. The Morgan fingerprint density at radius 2 is 1.19 bits per heavy atom. The lowest BCUT2D eigenvalue weighted by Gasteiger charge is -2.48. The lowest BCUT2D eigenvalue weighted by atomic mass is 10.0. The van der Waals surface area contributed by atoms with Gasteiger partial charge in [0.1, 0.15) is 40.0 Å². The van der Waals surface area contributed by atoms with Crippen LogP contribution in [0.4, 0.5) is 0 Å². The maximum absolute atomic E-state index is 15.0. The Bertz CT molecular complexity index is 2170. The SMILES string of the molecule is O=C(OC(c1ccccc1)c1ccccc1)C1=C(C[P+](c2ccccc2)(c2ccccc2)c2ccccc2)CS[C@@H]2[C@H](N=Cc3ccccc3O)C(=O)N12. The second-order valence-electron chi connectivity index (χ2n) is 13.2. The minimum atomic E-state index is -2.44. The van der Waals surface area contributed by atoms with Gasteiger partial charge in [0, 0.05) is 23.1 Å². The first-order valence-electron chi connectivity index (χ1n) is 17.9. The van der Waals surface area contributed by atoms with E-state index in [9.17, 15) is 14.7 Å². The lowest BCUT2D eigenvalue weighted by molar-refractivity contribution is -0.153. The number of rotatable bonds is 11. The van der Waals surface area contributed by atoms with E-state index in [1.807, 2.05) is 84.9 Å². The van der Waals surface area contributed by atoms with Crippen molar-refractivity contribution < 1.29 is 19.4 Å². The number of aromatic hydroxyl groups is 1. The summed E-state index contributed by atoms with van der Waals surface area (Å²) in [6, 6.07) is 57.2. The summed E-state index contributed by atoms with van der Waals surface area (Å²) in [4.78, 5) is 35.5. The van der Waals surface area contributed by atoms with Gasteiger partial charge in [-0.25, -0.2) is 4.79 Å². The highest BCUT2D eigenvalue weighted by molar-refractivity contribution is 8.00. The Hall–Kier alpha value is -5.75. The highest BCUT2D eigenvalue weighted by atomic mass is 32.2. The topological polar surface area (TPSA) is 79.2 Å². The summed E-state index contributed by atoms with van der Waals surface area (Å²) < 4.78 is 6.55. The molecule has 2 aliphatic rings. The van der Waals surface area contributed by atoms with Gasteiger partial charge in [-0.15, -0.1) is 11.8 Å². The van der Waals surface area contributed by atoms with E-state index in [-0.39, 0.29) is 11.7 Å². The van der Waals surface area contributed by atoms with Crippen LogP contribution in [0.1, 0.15) is 22.8 Å². The quantitative estimate of drug-likeness (QED) is 0.0638. The molecule has 1 N–H and O–H groups in total. The van der Waals surface area contributed by atoms with Crippen LogP contribution in [0.25, 0.3) is 0 Å². The third kappa shape index (κ3) is 6.77. The van der Waals surface area contributed by atoms with Crippen molar-refractivity contribution in [1.29, 1.82) is 0 Å². The Kier molecular flexibility index (Phi) is 10.3. The maximum atomic E-state index is 15.0. The van der Waals surface area contributed by atoms with Crippen LogP contribution in [-0.2, 0) is 14.3 Å². The Morgan fingerprint density at radius 1 is 0.722 bits per heavy atom. The van der Waals surface area contributed by atoms with Crippen LogP contribution in [0.3, 0.4) is 0 Å². The van der Waals surface area contributed by atoms with Crippen LogP contribution >= 0.6 is 19.0 Å². The van der Waals surface area contributed by atoms with Gasteiger partial charge >= 0.3 is 5.97 Å². The molecule has 2 atom stereocenters. The van der Waals surface area contributed by atoms with Gasteiger partial charge in [0.05, 0.1) is 6.16 Å². The summed E-state index contributed by atoms with van der Waals surface area (Å²) in [7, 11) is -2.44. The molecule has 6 nitrogen and oxygen atoms in total. The number of benzene rings is 6. The summed E-state index contributed by atoms with van der Waals surface area (Å²) in [6.45, 7) is 0. The monoisotopic (exact) mass is 745 g/mol. The van der Waals surface area contributed by atoms with Crippen molar-refractivity contribution in [2.75, 3.05) is 11.9 Å². The largest absolute Gasteiger partial charge is 0.507 e. The number of hydrogen-bond donors (Lipinski definition) is 1. The van der Waals surface area contributed by atoms with E-state index >= 15 is 0 Å². The number of carbonyl (C=O) groups excluding carboxylic acids is 2. The Balaban J connectivity index is 1.27. The molecule has 6 aromatic rings. The van der Waals surface area contributed by atoms with E-state index in [0.717, 1.165) is 16.7 Å². The molecule has 2 aliphatic heterocycles. The number of thioether (sulfide) groups is 1. The molecule has 0 radical (unpaired) electrons. The van der Waals surface area contributed by atoms with Crippen molar-refractivity contribution in [3.8, 4) is 5.75 Å². The lowest BCUT2D eigenvalue weighted by Crippen LogP contribution is -2.64. The number of hydrogen-bond acceptors (Lipinski definition) is 6. The van der Waals surface area contributed by atoms with Crippen LogP contribution in [0.15, 0.2) is 192 Å². The van der Waals surface area contributed by atoms with Crippen LogP contribution in [0.5, 0.6) is 5.75 Å². The number of esters is 1. The molecule has 1 fully saturated rings. The van der Waals surface area contributed by atoms with Crippen molar-refractivity contribution in [2.45, 2.75) is 17.5 Å². The van der Waals surface area contributed by atoms with E-state index < -0.39 is 30.8 Å². The van der Waals surface area contributed by atoms with Gasteiger partial charge in [0.2, 0.25) is 0 Å². The molecule has 0 spiro atoms. The van der Waals surface area contributed by atoms with E-state index in [4.69, 9.17) is 4.74 Å². The normalized spacial score (nSPS) is 17.0. The predicted octanol–water partition coefficient (Wildman–Crippen LogP) is 7.68. The molecule has 266 valence electrons. The number of β-lactam (4-membered cyclic amide) rings is 1. The number of carbonyl (C=O) groups is 2. The molecule has 0 aromatic heterocycles. The van der Waals surface area contributed by atoms with Gasteiger partial charge in [-0.2, -0.15) is 0 Å². The zero-order chi connectivity index (χ0) is 36.9. The van der Waals surface area contributed by atoms with Gasteiger partial charge in [-0.3, -0.25) is 14.7 Å². The van der Waals surface area contributed by atoms with Crippen molar-refractivity contribution in [2.24, 2.45) is 4.99 Å². The molecule has 8 heteroatoms. The molecule has 6 aromatic carbocycles. The number of fused-ring (bicyclic) bond motifs is 1. The van der Waals surface area contributed by atoms with Crippen molar-refractivity contribution in [3.63, 3.8) is 0 Å². The standard InChI is InChI=1S/C46H37N2O4PS/c49-40-29-17-16-22-35(40)30-47-41-44(50)48-42(46(51)52-43(33-18-6-1-7-19-33)34-20-8-2-9-21-34)36(32-54-45(41)48)31-53(37-23-10-3-11-24-37,38-25-12-4-13-26-38)39-27-14-5-15-28-39/h1-30,41,43,45H,31-32H2/p+1/t41-,45-/m1/s1. The van der Waals surface area contributed by atoms with E-state index in [1.54, 1.807) is 41.1 Å². The van der Waals surface area contributed by atoms with Crippen LogP contribution < -0.4 is 15.9 Å². The fourth-order valence-electron chi connectivity index (χ4n) is 7.34. The molecule has 1 saturated heterocycles. The van der Waals surface area contributed by atoms with Gasteiger partial charge < -0.3 is 9.84 Å². The summed E-state index contributed by atoms with van der Waals surface area (Å²) in [5.74, 6) is -0.223. The molecule has 54 heavy (non-hydrogen) atoms. The van der Waals surface area contributed by atoms with Crippen LogP contribution in [-0.4, -0.2) is 51.4 Å². The van der Waals surface area contributed by atoms with Crippen LogP contribution in [0.2, 0.25) is 0 Å². The van der Waals surface area contributed by atoms with Gasteiger partial charge in [-0.05, 0) is 59.7 Å². The second kappa shape index (κ2) is 15.7. The second-order valence-corrected chi connectivity index (χ2v) is 17.8. The Labute approximate surface area is 320 Å². The molecule has 0 aliphatic carbocycles. The molecule has 8 rings (SSSR count). The number of para-hydroxylation sites is 1. The van der Waals surface area contributed by atoms with Crippen molar-refractivity contribution in [3.05, 3.63) is 204 Å². The number of phenols is 1. The molecular weight excluding hydrogens is 708 g/mol. The minimum Gasteiger partial charge on any atom is -0.507 e. The number of ether oxygens (including phenoxy) is 1. The summed E-state index contributed by atoms with van der Waals surface area (Å²) in [6.07, 6.45) is 1.39. The summed E-state index contributed by atoms with van der Waals surface area (Å²) >= 11 is 1.61. The molecule has 0 bridgehead atoms. The fraction of sp³-hybridized carbons (Fsp3) is 0.109. The number of nitrogens with zero attached hydrogens (tertiary/aromatic N) is 2. The molecule has 2 heterocycles. The van der Waals surface area contributed by atoms with Crippen molar-refractivity contribution >= 4 is 53.0 Å². The first-order valence-corrected chi connectivity index (χ1v) is 20.9. The average molecular weight is 746 g/mol. The minimum absolute atomic E-state index is 0.0866. The number of aliphatic imine (C=N–C) groups is 1. The molecular formula is C46H38N2O4PS+. The number of amides is 1. The number of phenolic OH excluding ortho intramolecular Hbond substituents is 1. The van der Waals surface area contributed by atoms with Gasteiger partial charge in [-0.1, -0.05) is 127 Å². The zero-order valence-electron chi connectivity index (χ0n) is 29.4. The highest BCUT2D eigenvalue weighted by Crippen LogP contribution is 2.58. The molecule has 0 unspecified atom stereocenters. The molecule has 0 saturated carbocycles. The first kappa shape index (κ1) is 35.3. The predicted molar refractivity (Wildman–Crippen MR) is 220 cm³/mol. The van der Waals surface area contributed by atoms with E-state index in [0.29, 0.717) is 23.2 Å². The smallest absolute Gasteiger partial charge is 0.356 e. The Morgan fingerprint density at radius 3 is 1.69 bits per heavy atom. The zero-order valence-corrected chi connectivity index (χ0v) is 31.1. The van der Waals surface area contributed by atoms with Gasteiger partial charge in [0.25, 0.3) is 5.91 Å².